The van der Waals surface area contributed by atoms with Crippen molar-refractivity contribution >= 4 is 5.91 Å². The van der Waals surface area contributed by atoms with Crippen molar-refractivity contribution in [3.05, 3.63) is 0 Å². The molecule has 2 aliphatic heterocycles. The van der Waals surface area contributed by atoms with E-state index in [1.165, 1.54) is 0 Å². The normalized spacial score (nSPS) is 26.4. The Morgan fingerprint density at radius 2 is 2.12 bits per heavy atom. The number of carbonyl (C=O) groups excluding carboxylic acids is 1. The molecule has 98 valence electrons. The van der Waals surface area contributed by atoms with Gasteiger partial charge < -0.3 is 15.0 Å². The van der Waals surface area contributed by atoms with Gasteiger partial charge in [0.05, 0.1) is 12.6 Å². The minimum Gasteiger partial charge on any atom is -0.380 e. The molecule has 1 amide bonds. The van der Waals surface area contributed by atoms with E-state index >= 15 is 0 Å². The van der Waals surface area contributed by atoms with Gasteiger partial charge in [-0.15, -0.1) is 0 Å². The van der Waals surface area contributed by atoms with Gasteiger partial charge in [-0.1, -0.05) is 0 Å². The third-order valence-corrected chi connectivity index (χ3v) is 3.86. The van der Waals surface area contributed by atoms with E-state index in [9.17, 15) is 4.79 Å². The van der Waals surface area contributed by atoms with Gasteiger partial charge in [-0.05, 0) is 45.7 Å². The maximum atomic E-state index is 12.4. The number of nitrogens with zero attached hydrogens (tertiary/aromatic N) is 1. The van der Waals surface area contributed by atoms with Crippen molar-refractivity contribution in [1.82, 2.24) is 10.2 Å². The van der Waals surface area contributed by atoms with Crippen molar-refractivity contribution in [1.29, 1.82) is 0 Å². The fourth-order valence-corrected chi connectivity index (χ4v) is 2.86. The predicted molar refractivity (Wildman–Crippen MR) is 66.8 cm³/mol. The van der Waals surface area contributed by atoms with E-state index in [0.29, 0.717) is 18.6 Å². The molecule has 4 nitrogen and oxygen atoms in total. The Labute approximate surface area is 104 Å². The molecular formula is C13H24N2O2. The molecular weight excluding hydrogens is 216 g/mol. The van der Waals surface area contributed by atoms with E-state index in [0.717, 1.165) is 51.9 Å². The van der Waals surface area contributed by atoms with Crippen LogP contribution in [0.25, 0.3) is 0 Å². The third-order valence-electron chi connectivity index (χ3n) is 3.86. The lowest BCUT2D eigenvalue weighted by Crippen LogP contribution is -2.44. The Morgan fingerprint density at radius 1 is 1.35 bits per heavy atom. The van der Waals surface area contributed by atoms with Crippen LogP contribution in [-0.4, -0.2) is 49.7 Å². The van der Waals surface area contributed by atoms with E-state index in [-0.39, 0.29) is 5.92 Å². The summed E-state index contributed by atoms with van der Waals surface area (Å²) in [6, 6.07) is 0.331. The number of amides is 1. The van der Waals surface area contributed by atoms with Crippen molar-refractivity contribution in [2.45, 2.75) is 38.6 Å². The highest BCUT2D eigenvalue weighted by Crippen LogP contribution is 2.23. The first-order valence-electron chi connectivity index (χ1n) is 6.92. The molecule has 0 unspecified atom stereocenters. The van der Waals surface area contributed by atoms with Crippen molar-refractivity contribution in [2.75, 3.05) is 32.8 Å². The molecule has 0 aliphatic carbocycles. The quantitative estimate of drug-likeness (QED) is 0.797. The van der Waals surface area contributed by atoms with Crippen LogP contribution >= 0.6 is 0 Å². The van der Waals surface area contributed by atoms with Crippen LogP contribution < -0.4 is 5.32 Å². The molecule has 17 heavy (non-hydrogen) atoms. The summed E-state index contributed by atoms with van der Waals surface area (Å²) >= 11 is 0. The fraction of sp³-hybridized carbons (Fsp3) is 0.923. The zero-order chi connectivity index (χ0) is 12.1. The van der Waals surface area contributed by atoms with E-state index in [2.05, 4.69) is 10.2 Å². The van der Waals surface area contributed by atoms with Crippen LogP contribution in [0.1, 0.15) is 32.6 Å². The average molecular weight is 240 g/mol. The summed E-state index contributed by atoms with van der Waals surface area (Å²) in [4.78, 5) is 14.5. The number of likely N-dealkylation sites (tertiary alicyclic amines) is 1. The minimum absolute atomic E-state index is 0.249. The summed E-state index contributed by atoms with van der Waals surface area (Å²) in [6.07, 6.45) is 4.23. The number of piperidine rings is 1. The van der Waals surface area contributed by atoms with Crippen LogP contribution in [0, 0.1) is 5.92 Å². The Morgan fingerprint density at radius 3 is 2.82 bits per heavy atom. The summed E-state index contributed by atoms with van der Waals surface area (Å²) in [6.45, 7) is 6.37. The first-order valence-corrected chi connectivity index (χ1v) is 6.92. The smallest absolute Gasteiger partial charge is 0.226 e. The molecule has 1 atom stereocenters. The van der Waals surface area contributed by atoms with Gasteiger partial charge in [0.2, 0.25) is 5.91 Å². The molecule has 2 rings (SSSR count). The molecule has 0 aromatic rings. The standard InChI is InChI=1S/C13H24N2O2/c1-2-17-10-12-4-3-9-15(12)13(16)11-5-7-14-8-6-11/h11-12,14H,2-10H2,1H3/t12-/m1/s1. The van der Waals surface area contributed by atoms with Crippen molar-refractivity contribution in [3.8, 4) is 0 Å². The van der Waals surface area contributed by atoms with Crippen LogP contribution in [0.4, 0.5) is 0 Å². The van der Waals surface area contributed by atoms with Crippen molar-refractivity contribution < 1.29 is 9.53 Å². The summed E-state index contributed by atoms with van der Waals surface area (Å²) in [5.41, 5.74) is 0. The topological polar surface area (TPSA) is 41.6 Å². The highest BCUT2D eigenvalue weighted by atomic mass is 16.5. The molecule has 0 bridgehead atoms. The largest absolute Gasteiger partial charge is 0.380 e. The highest BCUT2D eigenvalue weighted by molar-refractivity contribution is 5.79. The Balaban J connectivity index is 1.88. The van der Waals surface area contributed by atoms with E-state index < -0.39 is 0 Å². The first-order chi connectivity index (χ1) is 8.33. The Bertz CT molecular complexity index is 252. The van der Waals surface area contributed by atoms with Crippen LogP contribution in [0.2, 0.25) is 0 Å². The molecule has 0 radical (unpaired) electrons. The Kier molecular flexibility index (Phi) is 4.80. The van der Waals surface area contributed by atoms with Crippen LogP contribution in [0.15, 0.2) is 0 Å². The second-order valence-corrected chi connectivity index (χ2v) is 5.01. The molecule has 2 saturated heterocycles. The van der Waals surface area contributed by atoms with Crippen molar-refractivity contribution in [2.24, 2.45) is 5.92 Å². The lowest BCUT2D eigenvalue weighted by atomic mass is 9.96. The number of carbonyl (C=O) groups is 1. The molecule has 2 heterocycles. The highest BCUT2D eigenvalue weighted by Gasteiger charge is 2.33. The number of nitrogens with one attached hydrogen (secondary N) is 1. The van der Waals surface area contributed by atoms with Gasteiger partial charge in [-0.2, -0.15) is 0 Å². The average Bonchev–Trinajstić information content (AvgIpc) is 2.84. The molecule has 0 aromatic heterocycles. The fourth-order valence-electron chi connectivity index (χ4n) is 2.86. The molecule has 1 N–H and O–H groups in total. The lowest BCUT2D eigenvalue weighted by molar-refractivity contribution is -0.138. The van der Waals surface area contributed by atoms with Gasteiger partial charge in [-0.3, -0.25) is 4.79 Å². The molecule has 0 aromatic carbocycles. The zero-order valence-electron chi connectivity index (χ0n) is 10.8. The summed E-state index contributed by atoms with van der Waals surface area (Å²) in [5, 5.41) is 3.31. The minimum atomic E-state index is 0.249. The second kappa shape index (κ2) is 6.36. The van der Waals surface area contributed by atoms with Gasteiger partial charge in [0, 0.05) is 19.1 Å². The molecule has 4 heteroatoms. The Hall–Kier alpha value is -0.610. The van der Waals surface area contributed by atoms with Gasteiger partial charge in [0.15, 0.2) is 0 Å². The summed E-state index contributed by atoms with van der Waals surface area (Å²) < 4.78 is 5.48. The number of hydrogen-bond acceptors (Lipinski definition) is 3. The first kappa shape index (κ1) is 12.8. The summed E-state index contributed by atoms with van der Waals surface area (Å²) in [5.74, 6) is 0.618. The number of hydrogen-bond donors (Lipinski definition) is 1. The van der Waals surface area contributed by atoms with Crippen LogP contribution in [0.5, 0.6) is 0 Å². The number of ether oxygens (including phenoxy) is 1. The van der Waals surface area contributed by atoms with Gasteiger partial charge >= 0.3 is 0 Å². The van der Waals surface area contributed by atoms with Gasteiger partial charge in [0.1, 0.15) is 0 Å². The van der Waals surface area contributed by atoms with E-state index in [1.807, 2.05) is 6.92 Å². The predicted octanol–water partition coefficient (Wildman–Crippen LogP) is 1.01. The SMILES string of the molecule is CCOC[C@H]1CCCN1C(=O)C1CCNCC1. The zero-order valence-corrected chi connectivity index (χ0v) is 10.8. The maximum Gasteiger partial charge on any atom is 0.226 e. The second-order valence-electron chi connectivity index (χ2n) is 5.01. The maximum absolute atomic E-state index is 12.4. The van der Waals surface area contributed by atoms with E-state index in [4.69, 9.17) is 4.74 Å². The molecule has 0 spiro atoms. The van der Waals surface area contributed by atoms with Crippen LogP contribution in [-0.2, 0) is 9.53 Å². The molecule has 0 saturated carbocycles. The lowest BCUT2D eigenvalue weighted by Gasteiger charge is -2.30. The monoisotopic (exact) mass is 240 g/mol. The number of rotatable bonds is 4. The molecule has 2 aliphatic rings. The molecule has 2 fully saturated rings. The summed E-state index contributed by atoms with van der Waals surface area (Å²) in [7, 11) is 0. The van der Waals surface area contributed by atoms with Crippen LogP contribution in [0.3, 0.4) is 0 Å². The van der Waals surface area contributed by atoms with Gasteiger partial charge in [0.25, 0.3) is 0 Å². The van der Waals surface area contributed by atoms with E-state index in [1.54, 1.807) is 0 Å². The third kappa shape index (κ3) is 3.19. The van der Waals surface area contributed by atoms with Gasteiger partial charge in [-0.25, -0.2) is 0 Å². The van der Waals surface area contributed by atoms with Crippen molar-refractivity contribution in [3.63, 3.8) is 0 Å².